The average Bonchev–Trinajstić information content (AvgIpc) is 3.50. The van der Waals surface area contributed by atoms with E-state index in [1.807, 2.05) is 13.0 Å². The number of anilines is 2. The fourth-order valence-corrected chi connectivity index (χ4v) is 2.63. The van der Waals surface area contributed by atoms with Crippen LogP contribution >= 0.6 is 0 Å². The molecule has 0 spiro atoms. The van der Waals surface area contributed by atoms with Crippen molar-refractivity contribution in [3.8, 4) is 11.5 Å². The van der Waals surface area contributed by atoms with E-state index >= 15 is 0 Å². The van der Waals surface area contributed by atoms with E-state index in [0.29, 0.717) is 17.1 Å². The van der Waals surface area contributed by atoms with Gasteiger partial charge in [0.1, 0.15) is 11.5 Å². The van der Waals surface area contributed by atoms with E-state index in [9.17, 15) is 9.59 Å². The van der Waals surface area contributed by atoms with Crippen molar-refractivity contribution in [1.29, 1.82) is 0 Å². The first-order valence-corrected chi connectivity index (χ1v) is 9.00. The summed E-state index contributed by atoms with van der Waals surface area (Å²) in [5, 5.41) is 5.80. The maximum atomic E-state index is 12.5. The molecule has 2 amide bonds. The molecule has 3 rings (SSSR count). The second-order valence-electron chi connectivity index (χ2n) is 6.67. The van der Waals surface area contributed by atoms with Crippen LogP contribution in [0.5, 0.6) is 11.5 Å². The Morgan fingerprint density at radius 3 is 2.19 bits per heavy atom. The molecule has 1 unspecified atom stereocenters. The molecule has 2 aromatic rings. The molecule has 142 valence electrons. The Morgan fingerprint density at radius 1 is 1.00 bits per heavy atom. The lowest BCUT2D eigenvalue weighted by Gasteiger charge is -2.17. The van der Waals surface area contributed by atoms with E-state index in [1.165, 1.54) is 0 Å². The minimum atomic E-state index is -0.678. The highest BCUT2D eigenvalue weighted by molar-refractivity contribution is 5.98. The van der Waals surface area contributed by atoms with Crippen molar-refractivity contribution in [2.75, 3.05) is 17.7 Å². The maximum absolute atomic E-state index is 12.5. The maximum Gasteiger partial charge on any atom is 0.265 e. The summed E-state index contributed by atoms with van der Waals surface area (Å²) in [6.45, 7) is 3.56. The van der Waals surface area contributed by atoms with Crippen LogP contribution in [0.15, 0.2) is 42.5 Å². The lowest BCUT2D eigenvalue weighted by molar-refractivity contribution is -0.122. The topological polar surface area (TPSA) is 76.7 Å². The molecule has 0 heterocycles. The van der Waals surface area contributed by atoms with Gasteiger partial charge >= 0.3 is 0 Å². The molecule has 2 aromatic carbocycles. The van der Waals surface area contributed by atoms with E-state index in [4.69, 9.17) is 9.47 Å². The highest BCUT2D eigenvalue weighted by Crippen LogP contribution is 2.31. The summed E-state index contributed by atoms with van der Waals surface area (Å²) in [6, 6.07) is 12.5. The zero-order chi connectivity index (χ0) is 19.4. The van der Waals surface area contributed by atoms with Crippen molar-refractivity contribution in [2.45, 2.75) is 32.8 Å². The molecular weight excluding hydrogens is 344 g/mol. The van der Waals surface area contributed by atoms with E-state index in [2.05, 4.69) is 10.6 Å². The van der Waals surface area contributed by atoms with Gasteiger partial charge in [-0.3, -0.25) is 9.59 Å². The zero-order valence-electron chi connectivity index (χ0n) is 15.7. The Kier molecular flexibility index (Phi) is 5.64. The smallest absolute Gasteiger partial charge is 0.265 e. The van der Waals surface area contributed by atoms with Crippen molar-refractivity contribution in [3.63, 3.8) is 0 Å². The summed E-state index contributed by atoms with van der Waals surface area (Å²) < 4.78 is 10.8. The molecule has 1 aliphatic rings. The van der Waals surface area contributed by atoms with E-state index in [-0.39, 0.29) is 17.7 Å². The molecule has 0 bridgehead atoms. The number of hydrogen-bond acceptors (Lipinski definition) is 4. The SMILES string of the molecule is COc1ccc(OC(C)C(=O)Nc2cccc(NC(=O)C3CC3)c2C)cc1. The minimum Gasteiger partial charge on any atom is -0.497 e. The van der Waals surface area contributed by atoms with Gasteiger partial charge in [0.15, 0.2) is 6.10 Å². The summed E-state index contributed by atoms with van der Waals surface area (Å²) in [5.41, 5.74) is 2.18. The normalized spacial score (nSPS) is 14.2. The van der Waals surface area contributed by atoms with Crippen molar-refractivity contribution in [3.05, 3.63) is 48.0 Å². The lowest BCUT2D eigenvalue weighted by Crippen LogP contribution is -2.30. The third-order valence-corrected chi connectivity index (χ3v) is 4.54. The quantitative estimate of drug-likeness (QED) is 0.780. The minimum absolute atomic E-state index is 0.0396. The number of methoxy groups -OCH3 is 1. The fourth-order valence-electron chi connectivity index (χ4n) is 2.63. The van der Waals surface area contributed by atoms with Gasteiger partial charge in [0.25, 0.3) is 5.91 Å². The van der Waals surface area contributed by atoms with Crippen LogP contribution in [-0.2, 0) is 9.59 Å². The van der Waals surface area contributed by atoms with Crippen LogP contribution in [-0.4, -0.2) is 25.0 Å². The molecule has 6 heteroatoms. The molecule has 6 nitrogen and oxygen atoms in total. The van der Waals surface area contributed by atoms with Crippen LogP contribution in [0.3, 0.4) is 0 Å². The van der Waals surface area contributed by atoms with Gasteiger partial charge in [0.05, 0.1) is 7.11 Å². The number of benzene rings is 2. The highest BCUT2D eigenvalue weighted by atomic mass is 16.5. The number of amides is 2. The van der Waals surface area contributed by atoms with Crippen LogP contribution in [0, 0.1) is 12.8 Å². The number of carbonyl (C=O) groups excluding carboxylic acids is 2. The van der Waals surface area contributed by atoms with Gasteiger partial charge in [0.2, 0.25) is 5.91 Å². The standard InChI is InChI=1S/C21H24N2O4/c1-13-18(5-4-6-19(13)23-21(25)15-7-8-15)22-20(24)14(2)27-17-11-9-16(26-3)10-12-17/h4-6,9-12,14-15H,7-8H2,1-3H3,(H,22,24)(H,23,25). The molecule has 0 aromatic heterocycles. The van der Waals surface area contributed by atoms with Gasteiger partial charge < -0.3 is 20.1 Å². The fraction of sp³-hybridized carbons (Fsp3) is 0.333. The Bertz CT molecular complexity index is 829. The van der Waals surface area contributed by atoms with Crippen LogP contribution in [0.1, 0.15) is 25.3 Å². The van der Waals surface area contributed by atoms with Crippen molar-refractivity contribution < 1.29 is 19.1 Å². The van der Waals surface area contributed by atoms with Gasteiger partial charge in [-0.15, -0.1) is 0 Å². The molecule has 0 radical (unpaired) electrons. The Balaban J connectivity index is 1.62. The number of hydrogen-bond donors (Lipinski definition) is 2. The molecule has 0 aliphatic heterocycles. The van der Waals surface area contributed by atoms with Gasteiger partial charge in [0, 0.05) is 17.3 Å². The van der Waals surface area contributed by atoms with Crippen molar-refractivity contribution >= 4 is 23.2 Å². The molecule has 1 saturated carbocycles. The summed E-state index contributed by atoms with van der Waals surface area (Å²) in [5.74, 6) is 1.21. The van der Waals surface area contributed by atoms with Crippen molar-refractivity contribution in [2.24, 2.45) is 5.92 Å². The summed E-state index contributed by atoms with van der Waals surface area (Å²) in [6.07, 6.45) is 1.21. The van der Waals surface area contributed by atoms with Gasteiger partial charge in [-0.05, 0) is 68.7 Å². The molecule has 0 saturated heterocycles. The van der Waals surface area contributed by atoms with E-state index in [0.717, 1.165) is 24.2 Å². The molecule has 1 fully saturated rings. The average molecular weight is 368 g/mol. The summed E-state index contributed by atoms with van der Waals surface area (Å²) in [4.78, 5) is 24.5. The molecule has 27 heavy (non-hydrogen) atoms. The largest absolute Gasteiger partial charge is 0.497 e. The van der Waals surface area contributed by atoms with Crippen LogP contribution in [0.2, 0.25) is 0 Å². The van der Waals surface area contributed by atoms with Crippen molar-refractivity contribution in [1.82, 2.24) is 0 Å². The Labute approximate surface area is 158 Å². The number of carbonyl (C=O) groups is 2. The lowest BCUT2D eigenvalue weighted by atomic mass is 10.1. The number of rotatable bonds is 7. The zero-order valence-corrected chi connectivity index (χ0v) is 15.7. The second kappa shape index (κ2) is 8.12. The molecule has 1 atom stereocenters. The van der Waals surface area contributed by atoms with E-state index < -0.39 is 6.10 Å². The van der Waals surface area contributed by atoms with Crippen LogP contribution < -0.4 is 20.1 Å². The summed E-state index contributed by atoms with van der Waals surface area (Å²) in [7, 11) is 1.59. The third-order valence-electron chi connectivity index (χ3n) is 4.54. The molecule has 1 aliphatic carbocycles. The second-order valence-corrected chi connectivity index (χ2v) is 6.67. The summed E-state index contributed by atoms with van der Waals surface area (Å²) >= 11 is 0. The number of nitrogens with one attached hydrogen (secondary N) is 2. The first-order chi connectivity index (χ1) is 13.0. The first-order valence-electron chi connectivity index (χ1n) is 9.00. The molecule has 2 N–H and O–H groups in total. The predicted octanol–water partition coefficient (Wildman–Crippen LogP) is 3.76. The van der Waals surface area contributed by atoms with Crippen LogP contribution in [0.25, 0.3) is 0 Å². The Hall–Kier alpha value is -3.02. The number of ether oxygens (including phenoxy) is 2. The predicted molar refractivity (Wildman–Crippen MR) is 104 cm³/mol. The van der Waals surface area contributed by atoms with Gasteiger partial charge in [-0.25, -0.2) is 0 Å². The molecular formula is C21H24N2O4. The van der Waals surface area contributed by atoms with Crippen LogP contribution in [0.4, 0.5) is 11.4 Å². The Morgan fingerprint density at radius 2 is 1.59 bits per heavy atom. The highest BCUT2D eigenvalue weighted by Gasteiger charge is 2.30. The third kappa shape index (κ3) is 4.78. The van der Waals surface area contributed by atoms with Gasteiger partial charge in [-0.2, -0.15) is 0 Å². The van der Waals surface area contributed by atoms with E-state index in [1.54, 1.807) is 50.4 Å². The monoisotopic (exact) mass is 368 g/mol. The first kappa shape index (κ1) is 18.8. The van der Waals surface area contributed by atoms with Gasteiger partial charge in [-0.1, -0.05) is 6.07 Å².